The molecule has 1 amide bonds. The fourth-order valence-corrected chi connectivity index (χ4v) is 12.0. The number of hydrogen-bond donors (Lipinski definition) is 9. The zero-order valence-corrected chi connectivity index (χ0v) is 53.9. The smallest absolute Gasteiger partial charge is 0.220 e. The van der Waals surface area contributed by atoms with E-state index in [1.54, 1.807) is 0 Å². The van der Waals surface area contributed by atoms with Crippen molar-refractivity contribution in [3.63, 3.8) is 0 Å². The first-order chi connectivity index (χ1) is 41.1. The first-order valence-corrected chi connectivity index (χ1v) is 35.6. The second-order valence-electron chi connectivity index (χ2n) is 25.4. The standard InChI is InChI=1S/C70H133NO13/c1-3-5-7-9-11-13-15-17-19-21-23-25-26-27-28-29-30-31-32-34-36-38-40-42-44-46-48-50-52-54-62(75)71-58(59(74)53-51-49-47-45-43-41-39-37-35-33-24-22-20-18-16-14-12-10-8-6-4-2)57-81-69-67(80)65(78)68(61(56-73)83-69)84-70-66(79)64(77)63(76)60(55-72)82-70/h15,17,21,23,58-61,63-70,72-74,76-80H,3-14,16,18-20,22,24-57H2,1-2H3,(H,71,75)/b17-15-,23-21-. The predicted molar refractivity (Wildman–Crippen MR) is 342 cm³/mol. The van der Waals surface area contributed by atoms with Crippen molar-refractivity contribution in [1.29, 1.82) is 0 Å². The highest BCUT2D eigenvalue weighted by atomic mass is 16.7. The number of aliphatic hydroxyl groups is 8. The molecule has 12 unspecified atom stereocenters. The summed E-state index contributed by atoms with van der Waals surface area (Å²) >= 11 is 0. The van der Waals surface area contributed by atoms with Crippen LogP contribution < -0.4 is 5.32 Å². The van der Waals surface area contributed by atoms with Gasteiger partial charge in [0.05, 0.1) is 32.0 Å². The number of nitrogens with one attached hydrogen (secondary N) is 1. The number of rotatable bonds is 59. The summed E-state index contributed by atoms with van der Waals surface area (Å²) in [7, 11) is 0. The molecule has 2 rings (SSSR count). The van der Waals surface area contributed by atoms with Gasteiger partial charge in [0.25, 0.3) is 0 Å². The van der Waals surface area contributed by atoms with Gasteiger partial charge in [0.15, 0.2) is 12.6 Å². The van der Waals surface area contributed by atoms with E-state index in [0.29, 0.717) is 12.8 Å². The van der Waals surface area contributed by atoms with Gasteiger partial charge in [-0.2, -0.15) is 0 Å². The number of amides is 1. The van der Waals surface area contributed by atoms with Crippen molar-refractivity contribution in [2.45, 2.75) is 396 Å². The molecular weight excluding hydrogens is 1060 g/mol. The van der Waals surface area contributed by atoms with Crippen LogP contribution in [0.25, 0.3) is 0 Å². The van der Waals surface area contributed by atoms with Crippen LogP contribution in [0, 0.1) is 0 Å². The number of unbranched alkanes of at least 4 members (excludes halogenated alkanes) is 42. The van der Waals surface area contributed by atoms with E-state index in [1.165, 1.54) is 238 Å². The Morgan fingerprint density at radius 2 is 0.786 bits per heavy atom. The van der Waals surface area contributed by atoms with E-state index in [1.807, 2.05) is 0 Å². The Morgan fingerprint density at radius 3 is 1.19 bits per heavy atom. The summed E-state index contributed by atoms with van der Waals surface area (Å²) in [6.45, 7) is 2.90. The van der Waals surface area contributed by atoms with Gasteiger partial charge in [0.1, 0.15) is 48.8 Å². The van der Waals surface area contributed by atoms with Crippen molar-refractivity contribution in [2.24, 2.45) is 0 Å². The van der Waals surface area contributed by atoms with Crippen molar-refractivity contribution in [3.05, 3.63) is 24.3 Å². The predicted octanol–water partition coefficient (Wildman–Crippen LogP) is 14.3. The van der Waals surface area contributed by atoms with E-state index in [4.69, 9.17) is 18.9 Å². The zero-order valence-electron chi connectivity index (χ0n) is 53.9. The van der Waals surface area contributed by atoms with Crippen LogP contribution in [0.3, 0.4) is 0 Å². The molecule has 12 atom stereocenters. The number of hydrogen-bond acceptors (Lipinski definition) is 13. The quantitative estimate of drug-likeness (QED) is 0.0204. The van der Waals surface area contributed by atoms with Gasteiger partial charge >= 0.3 is 0 Å². The van der Waals surface area contributed by atoms with Crippen LogP contribution in [-0.2, 0) is 23.7 Å². The van der Waals surface area contributed by atoms with Crippen molar-refractivity contribution in [3.8, 4) is 0 Å². The van der Waals surface area contributed by atoms with Crippen LogP contribution >= 0.6 is 0 Å². The van der Waals surface area contributed by atoms with Crippen LogP contribution in [0.5, 0.6) is 0 Å². The van der Waals surface area contributed by atoms with Crippen LogP contribution in [0.1, 0.15) is 322 Å². The topological polar surface area (TPSA) is 228 Å². The number of ether oxygens (including phenoxy) is 4. The molecule has 2 fully saturated rings. The molecule has 0 aromatic rings. The van der Waals surface area contributed by atoms with Crippen LogP contribution in [0.15, 0.2) is 24.3 Å². The Morgan fingerprint density at radius 1 is 0.429 bits per heavy atom. The van der Waals surface area contributed by atoms with Crippen molar-refractivity contribution in [1.82, 2.24) is 5.32 Å². The van der Waals surface area contributed by atoms with Gasteiger partial charge in [0, 0.05) is 6.42 Å². The largest absolute Gasteiger partial charge is 0.394 e. The highest BCUT2D eigenvalue weighted by molar-refractivity contribution is 5.76. The van der Waals surface area contributed by atoms with Gasteiger partial charge in [-0.3, -0.25) is 4.79 Å². The molecule has 496 valence electrons. The van der Waals surface area contributed by atoms with E-state index in [0.717, 1.165) is 57.8 Å². The normalized spacial score (nSPS) is 23.7. The van der Waals surface area contributed by atoms with Gasteiger partial charge in [-0.25, -0.2) is 0 Å². The van der Waals surface area contributed by atoms with Gasteiger partial charge in [-0.05, 0) is 44.9 Å². The second kappa shape index (κ2) is 55.5. The first kappa shape index (κ1) is 78.6. The third-order valence-electron chi connectivity index (χ3n) is 17.7. The third kappa shape index (κ3) is 39.5. The fraction of sp³-hybridized carbons (Fsp3) is 0.929. The van der Waals surface area contributed by atoms with Gasteiger partial charge in [-0.1, -0.05) is 295 Å². The van der Waals surface area contributed by atoms with Crippen LogP contribution in [0.2, 0.25) is 0 Å². The molecule has 9 N–H and O–H groups in total. The maximum absolute atomic E-state index is 13.4. The Kier molecular flexibility index (Phi) is 51.9. The molecular formula is C70H133NO13. The number of aliphatic hydroxyl groups excluding tert-OH is 8. The summed E-state index contributed by atoms with van der Waals surface area (Å²) in [6, 6.07) is -0.827. The number of allylic oxidation sites excluding steroid dienone is 4. The van der Waals surface area contributed by atoms with E-state index >= 15 is 0 Å². The highest BCUT2D eigenvalue weighted by Gasteiger charge is 2.51. The summed E-state index contributed by atoms with van der Waals surface area (Å²) in [4.78, 5) is 13.4. The van der Waals surface area contributed by atoms with E-state index in [-0.39, 0.29) is 12.5 Å². The number of carbonyl (C=O) groups is 1. The minimum atomic E-state index is -1.78. The average molecular weight is 1200 g/mol. The summed E-state index contributed by atoms with van der Waals surface area (Å²) in [5, 5.41) is 87.6. The van der Waals surface area contributed by atoms with Crippen molar-refractivity contribution < 1.29 is 64.6 Å². The highest BCUT2D eigenvalue weighted by Crippen LogP contribution is 2.30. The Hall–Kier alpha value is -1.53. The van der Waals surface area contributed by atoms with E-state index in [2.05, 4.69) is 43.5 Å². The van der Waals surface area contributed by atoms with Crippen molar-refractivity contribution in [2.75, 3.05) is 19.8 Å². The van der Waals surface area contributed by atoms with Crippen LogP contribution in [-0.4, -0.2) is 140 Å². The summed E-state index contributed by atoms with van der Waals surface area (Å²) in [6.07, 6.45) is 51.9. The Labute approximate surface area is 513 Å². The molecule has 2 aliphatic rings. The van der Waals surface area contributed by atoms with Gasteiger partial charge in [-0.15, -0.1) is 0 Å². The maximum Gasteiger partial charge on any atom is 0.220 e. The Balaban J connectivity index is 1.65. The molecule has 0 radical (unpaired) electrons. The van der Waals surface area contributed by atoms with Crippen molar-refractivity contribution >= 4 is 5.91 Å². The molecule has 0 spiro atoms. The lowest BCUT2D eigenvalue weighted by Gasteiger charge is -2.46. The monoisotopic (exact) mass is 1200 g/mol. The second-order valence-corrected chi connectivity index (χ2v) is 25.4. The molecule has 14 heteroatoms. The van der Waals surface area contributed by atoms with Crippen LogP contribution in [0.4, 0.5) is 0 Å². The van der Waals surface area contributed by atoms with E-state index in [9.17, 15) is 45.6 Å². The summed E-state index contributed by atoms with van der Waals surface area (Å²) in [5.74, 6) is -0.200. The molecule has 84 heavy (non-hydrogen) atoms. The molecule has 0 aromatic carbocycles. The lowest BCUT2D eigenvalue weighted by atomic mass is 9.97. The SMILES string of the molecule is CCCCCCC/C=C\C/C=C\CCCCCCCCCCCCCCCCCCCC(=O)NC(COC1OC(CO)C(OC2OC(CO)C(O)C(O)C2O)C(O)C1O)C(O)CCCCCCCCCCCCCCCCCCCCCCC. The lowest BCUT2D eigenvalue weighted by Crippen LogP contribution is -2.65. The first-order valence-electron chi connectivity index (χ1n) is 35.6. The minimum Gasteiger partial charge on any atom is -0.394 e. The molecule has 2 aliphatic heterocycles. The molecule has 0 aromatic heterocycles. The maximum atomic E-state index is 13.4. The minimum absolute atomic E-state index is 0.200. The molecule has 2 saturated heterocycles. The molecule has 0 saturated carbocycles. The lowest BCUT2D eigenvalue weighted by molar-refractivity contribution is -0.359. The summed E-state index contributed by atoms with van der Waals surface area (Å²) < 4.78 is 22.9. The molecule has 0 bridgehead atoms. The van der Waals surface area contributed by atoms with Gasteiger partial charge < -0.3 is 65.1 Å². The number of carbonyl (C=O) groups excluding carboxylic acids is 1. The average Bonchev–Trinajstić information content (AvgIpc) is 3.24. The fourth-order valence-electron chi connectivity index (χ4n) is 12.0. The zero-order chi connectivity index (χ0) is 60.9. The molecule has 0 aliphatic carbocycles. The molecule has 14 nitrogen and oxygen atoms in total. The summed E-state index contributed by atoms with van der Waals surface area (Å²) in [5.41, 5.74) is 0. The van der Waals surface area contributed by atoms with Gasteiger partial charge in [0.2, 0.25) is 5.91 Å². The Bertz CT molecular complexity index is 1500. The molecule has 2 heterocycles. The van der Waals surface area contributed by atoms with E-state index < -0.39 is 86.8 Å². The third-order valence-corrected chi connectivity index (χ3v) is 17.7.